The lowest BCUT2D eigenvalue weighted by atomic mass is 10.1. The molecule has 4 rings (SSSR count). The Bertz CT molecular complexity index is 1150. The summed E-state index contributed by atoms with van der Waals surface area (Å²) < 4.78 is 1.22. The van der Waals surface area contributed by atoms with E-state index in [4.69, 9.17) is 0 Å². The number of thiophene rings is 1. The van der Waals surface area contributed by atoms with Crippen LogP contribution >= 0.6 is 11.3 Å². The lowest BCUT2D eigenvalue weighted by Gasteiger charge is -1.93. The fraction of sp³-hybridized carbons (Fsp3) is 0.0769. The molecule has 1 aromatic heterocycles. The predicted molar refractivity (Wildman–Crippen MR) is 116 cm³/mol. The van der Waals surface area contributed by atoms with Crippen molar-refractivity contribution in [3.05, 3.63) is 105 Å². The minimum Gasteiger partial charge on any atom is -0.127 e. The van der Waals surface area contributed by atoms with Gasteiger partial charge >= 0.3 is 0 Å². The number of hydrogen-bond donors (Lipinski definition) is 0. The fourth-order valence-electron chi connectivity index (χ4n) is 2.72. The zero-order valence-electron chi connectivity index (χ0n) is 15.3. The summed E-state index contributed by atoms with van der Waals surface area (Å²) in [6.45, 7) is 4.17. The summed E-state index contributed by atoms with van der Waals surface area (Å²) in [6.07, 6.45) is 0. The monoisotopic (exact) mass is 362 g/mol. The zero-order chi connectivity index (χ0) is 18.6. The molecule has 3 aromatic carbocycles. The molecule has 0 spiro atoms. The van der Waals surface area contributed by atoms with Crippen LogP contribution in [0.5, 0.6) is 0 Å². The molecule has 0 aliphatic rings. The molecular weight excluding hydrogens is 344 g/mol. The molecule has 1 heteroatoms. The number of benzene rings is 3. The summed E-state index contributed by atoms with van der Waals surface area (Å²) in [4.78, 5) is 1.08. The number of hydrogen-bond acceptors (Lipinski definition) is 1. The Hall–Kier alpha value is -3.26. The van der Waals surface area contributed by atoms with E-state index in [1.54, 1.807) is 11.3 Å². The molecule has 0 saturated carbocycles. The van der Waals surface area contributed by atoms with Gasteiger partial charge in [-0.3, -0.25) is 0 Å². The number of aryl methyl sites for hydroxylation is 2. The molecule has 0 radical (unpaired) electrons. The van der Waals surface area contributed by atoms with E-state index >= 15 is 0 Å². The van der Waals surface area contributed by atoms with Gasteiger partial charge in [0.1, 0.15) is 0 Å². The Morgan fingerprint density at radius 2 is 1.07 bits per heavy atom. The molecule has 27 heavy (non-hydrogen) atoms. The van der Waals surface area contributed by atoms with Crippen LogP contribution in [0.2, 0.25) is 0 Å². The third kappa shape index (κ3) is 4.29. The highest BCUT2D eigenvalue weighted by Gasteiger charge is 2.00. The van der Waals surface area contributed by atoms with Crippen LogP contribution in [0.3, 0.4) is 0 Å². The van der Waals surface area contributed by atoms with Crippen molar-refractivity contribution in [1.82, 2.24) is 0 Å². The minimum atomic E-state index is 1.03. The molecular formula is C26H18S. The smallest absolute Gasteiger partial charge is 0.0784 e. The van der Waals surface area contributed by atoms with Crippen LogP contribution in [0.15, 0.2) is 72.8 Å². The van der Waals surface area contributed by atoms with Gasteiger partial charge in [0, 0.05) is 21.4 Å². The van der Waals surface area contributed by atoms with Crippen molar-refractivity contribution < 1.29 is 0 Å². The van der Waals surface area contributed by atoms with Gasteiger partial charge in [0.05, 0.1) is 4.88 Å². The Morgan fingerprint density at radius 1 is 0.556 bits per heavy atom. The van der Waals surface area contributed by atoms with E-state index in [0.717, 1.165) is 21.6 Å². The molecule has 0 unspecified atom stereocenters. The third-order valence-corrected chi connectivity index (χ3v) is 5.32. The van der Waals surface area contributed by atoms with E-state index in [1.165, 1.54) is 21.2 Å². The van der Waals surface area contributed by atoms with Gasteiger partial charge in [-0.05, 0) is 61.7 Å². The van der Waals surface area contributed by atoms with E-state index in [9.17, 15) is 0 Å². The Balaban J connectivity index is 1.59. The molecule has 1 heterocycles. The molecule has 0 N–H and O–H groups in total. The lowest BCUT2D eigenvalue weighted by Crippen LogP contribution is -1.76. The maximum Gasteiger partial charge on any atom is 0.0784 e. The molecule has 0 aliphatic heterocycles. The highest BCUT2D eigenvalue weighted by atomic mass is 32.1. The topological polar surface area (TPSA) is 0 Å². The molecule has 128 valence electrons. The summed E-state index contributed by atoms with van der Waals surface area (Å²) >= 11 is 1.72. The SMILES string of the molecule is Cc1ccc(C#Cc2ccc3cc(C#Cc4ccc(C)cc4)sc3c2)cc1. The quantitative estimate of drug-likeness (QED) is 0.321. The minimum absolute atomic E-state index is 1.03. The third-order valence-electron chi connectivity index (χ3n) is 4.30. The number of rotatable bonds is 0. The van der Waals surface area contributed by atoms with Crippen LogP contribution < -0.4 is 0 Å². The van der Waals surface area contributed by atoms with Crippen molar-refractivity contribution in [2.24, 2.45) is 0 Å². The van der Waals surface area contributed by atoms with Gasteiger partial charge in [0.25, 0.3) is 0 Å². The number of fused-ring (bicyclic) bond motifs is 1. The molecule has 0 nitrogen and oxygen atoms in total. The Morgan fingerprint density at radius 3 is 1.70 bits per heavy atom. The van der Waals surface area contributed by atoms with E-state index in [-0.39, 0.29) is 0 Å². The average molecular weight is 362 g/mol. The summed E-state index contributed by atoms with van der Waals surface area (Å²) in [7, 11) is 0. The van der Waals surface area contributed by atoms with Crippen molar-refractivity contribution in [3.8, 4) is 23.7 Å². The molecule has 0 amide bonds. The van der Waals surface area contributed by atoms with E-state index in [1.807, 2.05) is 0 Å². The van der Waals surface area contributed by atoms with Crippen LogP contribution in [-0.4, -0.2) is 0 Å². The standard InChI is InChI=1S/C26H18S/c1-19-3-7-21(8-4-19)11-12-23-13-15-24-18-25(27-26(24)17-23)16-14-22-9-5-20(2)6-10-22/h3-10,13,15,17-18H,1-2H3. The molecule has 0 bridgehead atoms. The van der Waals surface area contributed by atoms with Crippen LogP contribution in [0, 0.1) is 37.5 Å². The van der Waals surface area contributed by atoms with E-state index < -0.39 is 0 Å². The maximum atomic E-state index is 3.28. The lowest BCUT2D eigenvalue weighted by molar-refractivity contribution is 1.46. The van der Waals surface area contributed by atoms with Gasteiger partial charge in [0.15, 0.2) is 0 Å². The van der Waals surface area contributed by atoms with Gasteiger partial charge in [-0.2, -0.15) is 0 Å². The van der Waals surface area contributed by atoms with Crippen molar-refractivity contribution in [1.29, 1.82) is 0 Å². The first-order chi connectivity index (χ1) is 13.2. The first-order valence-corrected chi connectivity index (χ1v) is 9.68. The van der Waals surface area contributed by atoms with Crippen molar-refractivity contribution >= 4 is 21.4 Å². The van der Waals surface area contributed by atoms with Gasteiger partial charge < -0.3 is 0 Å². The first kappa shape index (κ1) is 17.2. The van der Waals surface area contributed by atoms with Crippen molar-refractivity contribution in [2.75, 3.05) is 0 Å². The normalized spacial score (nSPS) is 10.0. The summed E-state index contributed by atoms with van der Waals surface area (Å²) in [5.74, 6) is 13.0. The zero-order valence-corrected chi connectivity index (χ0v) is 16.2. The Labute approximate surface area is 164 Å². The van der Waals surface area contributed by atoms with Gasteiger partial charge in [-0.1, -0.05) is 65.1 Å². The van der Waals surface area contributed by atoms with Crippen LogP contribution in [0.4, 0.5) is 0 Å². The molecule has 0 atom stereocenters. The molecule has 0 fully saturated rings. The second-order valence-electron chi connectivity index (χ2n) is 6.60. The second-order valence-corrected chi connectivity index (χ2v) is 7.68. The van der Waals surface area contributed by atoms with Crippen LogP contribution in [-0.2, 0) is 0 Å². The van der Waals surface area contributed by atoms with Gasteiger partial charge in [0.2, 0.25) is 0 Å². The summed E-state index contributed by atoms with van der Waals surface area (Å²) in [5.41, 5.74) is 5.61. The largest absolute Gasteiger partial charge is 0.127 e. The maximum absolute atomic E-state index is 3.28. The molecule has 0 aliphatic carbocycles. The highest BCUT2D eigenvalue weighted by molar-refractivity contribution is 7.19. The summed E-state index contributed by atoms with van der Waals surface area (Å²) in [6, 6.07) is 25.1. The first-order valence-electron chi connectivity index (χ1n) is 8.87. The Kier molecular flexibility index (Phi) is 4.80. The highest BCUT2D eigenvalue weighted by Crippen LogP contribution is 2.26. The summed E-state index contributed by atoms with van der Waals surface area (Å²) in [5, 5.41) is 1.22. The van der Waals surface area contributed by atoms with Crippen molar-refractivity contribution in [2.45, 2.75) is 13.8 Å². The van der Waals surface area contributed by atoms with Crippen molar-refractivity contribution in [3.63, 3.8) is 0 Å². The van der Waals surface area contributed by atoms with Gasteiger partial charge in [-0.25, -0.2) is 0 Å². The van der Waals surface area contributed by atoms with E-state index in [0.29, 0.717) is 0 Å². The van der Waals surface area contributed by atoms with Crippen LogP contribution in [0.1, 0.15) is 32.7 Å². The second kappa shape index (κ2) is 7.55. The fourth-order valence-corrected chi connectivity index (χ4v) is 3.68. The van der Waals surface area contributed by atoms with E-state index in [2.05, 4.69) is 110 Å². The molecule has 4 aromatic rings. The predicted octanol–water partition coefficient (Wildman–Crippen LogP) is 6.32. The molecule has 0 saturated heterocycles. The van der Waals surface area contributed by atoms with Crippen LogP contribution in [0.25, 0.3) is 10.1 Å². The van der Waals surface area contributed by atoms with Gasteiger partial charge in [-0.15, -0.1) is 11.3 Å². The average Bonchev–Trinajstić information content (AvgIpc) is 3.09.